The molecule has 0 amide bonds. The number of unbranched alkanes of at least 4 members (excludes halogenated alkanes) is 10. The first kappa shape index (κ1) is 60.2. The van der Waals surface area contributed by atoms with Crippen molar-refractivity contribution < 1.29 is 73.3 Å². The summed E-state index contributed by atoms with van der Waals surface area (Å²) in [5, 5.41) is 71.0. The minimum absolute atomic E-state index is 0.0314. The van der Waals surface area contributed by atoms with Gasteiger partial charge in [-0.2, -0.15) is 0 Å². The van der Waals surface area contributed by atoms with Crippen molar-refractivity contribution in [1.29, 1.82) is 0 Å². The van der Waals surface area contributed by atoms with Gasteiger partial charge in [-0.1, -0.05) is 132 Å². The quantitative estimate of drug-likeness (QED) is 0.0130. The van der Waals surface area contributed by atoms with Crippen LogP contribution in [0, 0.1) is 0 Å². The summed E-state index contributed by atoms with van der Waals surface area (Å²) in [5.41, 5.74) is 0. The summed E-state index contributed by atoms with van der Waals surface area (Å²) < 4.78 is 33.3. The monoisotopic (exact) mass is 943 g/mol. The Bertz CT molecular complexity index is 1450. The summed E-state index contributed by atoms with van der Waals surface area (Å²) in [6.07, 6.45) is 26.8. The van der Waals surface area contributed by atoms with Crippen molar-refractivity contribution >= 4 is 19.8 Å². The number of rotatable bonds is 38. The molecule has 0 heterocycles. The van der Waals surface area contributed by atoms with E-state index in [9.17, 15) is 54.8 Å². The SMILES string of the molecule is CCCCC/C=C\C/C=C\C/C=C\CC(O)C(O)CCCC(=O)O[C@H](COC(=O)CCC/C=C\C/C=C\C/C=C\CCCCCCCC)COP(=O)(O)OC1[C@H](O)[C@H](O)C(O)[C@H](O)[C@H]1O. The maximum atomic E-state index is 12.8. The first-order valence-electron chi connectivity index (χ1n) is 23.9. The van der Waals surface area contributed by atoms with E-state index in [0.717, 1.165) is 32.1 Å². The zero-order valence-corrected chi connectivity index (χ0v) is 39.9. The van der Waals surface area contributed by atoms with E-state index in [4.69, 9.17) is 18.5 Å². The molecule has 0 radical (unpaired) electrons. The Labute approximate surface area is 388 Å². The third-order valence-electron chi connectivity index (χ3n) is 10.7. The minimum Gasteiger partial charge on any atom is -0.462 e. The van der Waals surface area contributed by atoms with E-state index in [0.29, 0.717) is 19.3 Å². The Morgan fingerprint density at radius 1 is 0.538 bits per heavy atom. The van der Waals surface area contributed by atoms with Crippen molar-refractivity contribution in [3.63, 3.8) is 0 Å². The van der Waals surface area contributed by atoms with Crippen LogP contribution in [0.25, 0.3) is 0 Å². The zero-order valence-electron chi connectivity index (χ0n) is 39.0. The number of ether oxygens (including phenoxy) is 2. The van der Waals surface area contributed by atoms with Crippen LogP contribution in [0.3, 0.4) is 0 Å². The molecule has 0 aromatic rings. The van der Waals surface area contributed by atoms with E-state index in [1.807, 2.05) is 24.3 Å². The Kier molecular flexibility index (Phi) is 35.4. The van der Waals surface area contributed by atoms with Crippen LogP contribution in [0.1, 0.15) is 155 Å². The van der Waals surface area contributed by atoms with Crippen LogP contribution in [0.5, 0.6) is 0 Å². The largest absolute Gasteiger partial charge is 0.472 e. The predicted molar refractivity (Wildman–Crippen MR) is 251 cm³/mol. The van der Waals surface area contributed by atoms with E-state index in [1.165, 1.54) is 57.8 Å². The standard InChI is InChI=1S/C49H83O15P/c1-3-5-7-9-11-13-15-17-18-19-20-21-23-25-27-29-31-35-42(52)61-37-39(38-62-65(59,60)64-49-47(57)45(55)44(54)46(56)48(49)58)63-43(53)36-32-34-41(51)40(50)33-30-28-26-24-22-16-14-12-10-8-6-4-2/h12,14,17-18,20-22,24-25,27-28,30,39-41,44-51,54-58H,3-11,13,15-16,19,23,26,29,31-38H2,1-2H3,(H,59,60)/b14-12-,18-17-,21-20-,24-22-,27-25-,30-28-/t39-,40?,41?,44?,45-,46+,47-,48-,49?/m1/s1. The fourth-order valence-electron chi connectivity index (χ4n) is 6.70. The fraction of sp³-hybridized carbons (Fsp3) is 0.714. The van der Waals surface area contributed by atoms with Gasteiger partial charge in [0.05, 0.1) is 18.8 Å². The lowest BCUT2D eigenvalue weighted by molar-refractivity contribution is -0.220. The summed E-state index contributed by atoms with van der Waals surface area (Å²) >= 11 is 0. The number of aliphatic hydroxyl groups is 7. The first-order chi connectivity index (χ1) is 31.2. The van der Waals surface area contributed by atoms with Crippen molar-refractivity contribution in [3.8, 4) is 0 Å². The van der Waals surface area contributed by atoms with Gasteiger partial charge in [-0.25, -0.2) is 4.57 Å². The molecule has 0 aromatic carbocycles. The molecule has 0 spiro atoms. The van der Waals surface area contributed by atoms with Gasteiger partial charge in [0.15, 0.2) is 6.10 Å². The second-order valence-corrected chi connectivity index (χ2v) is 18.0. The molecule has 1 rings (SSSR count). The second-order valence-electron chi connectivity index (χ2n) is 16.6. The van der Waals surface area contributed by atoms with Crippen molar-refractivity contribution in [3.05, 3.63) is 72.9 Å². The molecule has 0 bridgehead atoms. The molecule has 16 heteroatoms. The summed E-state index contributed by atoms with van der Waals surface area (Å²) in [7, 11) is -5.22. The summed E-state index contributed by atoms with van der Waals surface area (Å²) in [6, 6.07) is 0. The molecule has 1 fully saturated rings. The molecule has 0 aromatic heterocycles. The molecule has 0 saturated heterocycles. The number of hydrogen-bond donors (Lipinski definition) is 8. The van der Waals surface area contributed by atoms with Gasteiger partial charge in [0.2, 0.25) is 0 Å². The van der Waals surface area contributed by atoms with E-state index in [2.05, 4.69) is 56.4 Å². The number of carbonyl (C=O) groups excluding carboxylic acids is 2. The summed E-state index contributed by atoms with van der Waals surface area (Å²) in [4.78, 5) is 35.8. The average molecular weight is 943 g/mol. The summed E-state index contributed by atoms with van der Waals surface area (Å²) in [6.45, 7) is 2.97. The van der Waals surface area contributed by atoms with Crippen LogP contribution >= 0.6 is 7.82 Å². The Hall–Kier alpha value is -2.79. The number of phosphoric acid groups is 1. The molecule has 8 N–H and O–H groups in total. The number of allylic oxidation sites excluding steroid dienone is 11. The van der Waals surface area contributed by atoms with Crippen molar-refractivity contribution in [2.75, 3.05) is 13.2 Å². The van der Waals surface area contributed by atoms with E-state index >= 15 is 0 Å². The topological polar surface area (TPSA) is 250 Å². The molecule has 65 heavy (non-hydrogen) atoms. The number of phosphoric ester groups is 1. The van der Waals surface area contributed by atoms with Gasteiger partial charge in [0.25, 0.3) is 0 Å². The summed E-state index contributed by atoms with van der Waals surface area (Å²) in [5.74, 6) is -1.45. The number of aliphatic hydroxyl groups excluding tert-OH is 7. The van der Waals surface area contributed by atoms with Crippen LogP contribution in [-0.2, 0) is 32.7 Å². The molecular weight excluding hydrogens is 859 g/mol. The minimum atomic E-state index is -5.22. The fourth-order valence-corrected chi connectivity index (χ4v) is 7.67. The van der Waals surface area contributed by atoms with Gasteiger partial charge < -0.3 is 50.1 Å². The molecule has 374 valence electrons. The highest BCUT2D eigenvalue weighted by Gasteiger charge is 2.51. The van der Waals surface area contributed by atoms with Crippen LogP contribution < -0.4 is 0 Å². The normalized spacial score (nSPS) is 23.0. The zero-order chi connectivity index (χ0) is 48.1. The molecular formula is C49H83O15P. The van der Waals surface area contributed by atoms with Gasteiger partial charge in [0, 0.05) is 12.8 Å². The first-order valence-corrected chi connectivity index (χ1v) is 25.4. The Morgan fingerprint density at radius 3 is 1.55 bits per heavy atom. The highest BCUT2D eigenvalue weighted by molar-refractivity contribution is 7.47. The predicted octanol–water partition coefficient (Wildman–Crippen LogP) is 7.44. The molecule has 1 saturated carbocycles. The second kappa shape index (κ2) is 38.2. The number of esters is 2. The molecule has 1 aliphatic carbocycles. The third-order valence-corrected chi connectivity index (χ3v) is 11.7. The average Bonchev–Trinajstić information content (AvgIpc) is 3.28. The lowest BCUT2D eigenvalue weighted by Gasteiger charge is -2.41. The third kappa shape index (κ3) is 30.3. The van der Waals surface area contributed by atoms with Crippen LogP contribution in [0.4, 0.5) is 0 Å². The van der Waals surface area contributed by atoms with Crippen LogP contribution in [0.2, 0.25) is 0 Å². The molecule has 10 atom stereocenters. The van der Waals surface area contributed by atoms with E-state index < -0.39 is 87.9 Å². The maximum absolute atomic E-state index is 12.8. The van der Waals surface area contributed by atoms with Crippen LogP contribution in [0.15, 0.2) is 72.9 Å². The van der Waals surface area contributed by atoms with Gasteiger partial charge >= 0.3 is 19.8 Å². The van der Waals surface area contributed by atoms with Crippen molar-refractivity contribution in [2.24, 2.45) is 0 Å². The van der Waals surface area contributed by atoms with Crippen molar-refractivity contribution in [2.45, 2.75) is 210 Å². The van der Waals surface area contributed by atoms with E-state index in [-0.39, 0.29) is 32.1 Å². The Morgan fingerprint density at radius 2 is 0.985 bits per heavy atom. The Balaban J connectivity index is 2.61. The van der Waals surface area contributed by atoms with Crippen molar-refractivity contribution in [1.82, 2.24) is 0 Å². The van der Waals surface area contributed by atoms with E-state index in [1.54, 1.807) is 6.08 Å². The smallest absolute Gasteiger partial charge is 0.462 e. The lowest BCUT2D eigenvalue weighted by Crippen LogP contribution is -2.64. The van der Waals surface area contributed by atoms with Gasteiger partial charge in [-0.05, 0) is 83.5 Å². The molecule has 0 aliphatic heterocycles. The molecule has 1 aliphatic rings. The van der Waals surface area contributed by atoms with Crippen LogP contribution in [-0.4, -0.2) is 121 Å². The highest BCUT2D eigenvalue weighted by Crippen LogP contribution is 2.47. The highest BCUT2D eigenvalue weighted by atomic mass is 31.2. The number of carbonyl (C=O) groups is 2. The van der Waals surface area contributed by atoms with Gasteiger partial charge in [-0.3, -0.25) is 18.6 Å². The molecule has 15 nitrogen and oxygen atoms in total. The maximum Gasteiger partial charge on any atom is 0.472 e. The van der Waals surface area contributed by atoms with Gasteiger partial charge in [-0.15, -0.1) is 0 Å². The number of hydrogen-bond acceptors (Lipinski definition) is 14. The van der Waals surface area contributed by atoms with Gasteiger partial charge in [0.1, 0.15) is 43.2 Å². The molecule has 5 unspecified atom stereocenters. The lowest BCUT2D eigenvalue weighted by atomic mass is 9.85.